The van der Waals surface area contributed by atoms with Crippen LogP contribution in [0.25, 0.3) is 16.6 Å². The lowest BCUT2D eigenvalue weighted by Gasteiger charge is -2.06. The van der Waals surface area contributed by atoms with Gasteiger partial charge in [-0.3, -0.25) is 4.79 Å². The quantitative estimate of drug-likeness (QED) is 0.621. The van der Waals surface area contributed by atoms with E-state index < -0.39 is 0 Å². The first-order valence-electron chi connectivity index (χ1n) is 7.32. The van der Waals surface area contributed by atoms with Gasteiger partial charge in [0.1, 0.15) is 11.4 Å². The molecule has 0 fully saturated rings. The van der Waals surface area contributed by atoms with E-state index in [9.17, 15) is 4.79 Å². The molecule has 0 radical (unpaired) electrons. The summed E-state index contributed by atoms with van der Waals surface area (Å²) in [5.74, 6) is 0.710. The van der Waals surface area contributed by atoms with Gasteiger partial charge < -0.3 is 15.0 Å². The summed E-state index contributed by atoms with van der Waals surface area (Å²) >= 11 is 0. The van der Waals surface area contributed by atoms with Gasteiger partial charge in [0.15, 0.2) is 0 Å². The predicted octanol–water partition coefficient (Wildman–Crippen LogP) is 3.98. The van der Waals surface area contributed by atoms with E-state index in [1.807, 2.05) is 48.5 Å². The van der Waals surface area contributed by atoms with Crippen molar-refractivity contribution in [1.82, 2.24) is 4.98 Å². The Hall–Kier alpha value is -3.41. The summed E-state index contributed by atoms with van der Waals surface area (Å²) in [5, 5.41) is 7.39. The molecule has 3 rings (SSSR count). The molecule has 3 N–H and O–H groups in total. The van der Waals surface area contributed by atoms with Crippen molar-refractivity contribution >= 4 is 22.3 Å². The van der Waals surface area contributed by atoms with Gasteiger partial charge in [-0.15, -0.1) is 0 Å². The van der Waals surface area contributed by atoms with E-state index in [1.165, 1.54) is 6.20 Å². The van der Waals surface area contributed by atoms with Crippen LogP contribution in [0.4, 0.5) is 5.69 Å². The van der Waals surface area contributed by atoms with E-state index in [1.54, 1.807) is 13.2 Å². The molecule has 0 unspecified atom stereocenters. The van der Waals surface area contributed by atoms with Crippen molar-refractivity contribution in [3.05, 3.63) is 76.7 Å². The van der Waals surface area contributed by atoms with Gasteiger partial charge in [0.2, 0.25) is 0 Å². The molecule has 0 aliphatic rings. The zero-order valence-electron chi connectivity index (χ0n) is 13.0. The number of para-hydroxylation sites is 1. The average Bonchev–Trinajstić information content (AvgIpc) is 2.62. The summed E-state index contributed by atoms with van der Waals surface area (Å²) in [4.78, 5) is 15.1. The highest BCUT2D eigenvalue weighted by atomic mass is 16.5. The molecule has 1 aromatic heterocycles. The van der Waals surface area contributed by atoms with Crippen LogP contribution in [0.5, 0.6) is 5.75 Å². The summed E-state index contributed by atoms with van der Waals surface area (Å²) in [6.07, 6.45) is 1.53. The van der Waals surface area contributed by atoms with Crippen molar-refractivity contribution in [2.45, 2.75) is 0 Å². The number of rotatable bonds is 5. The zero-order valence-corrected chi connectivity index (χ0v) is 13.0. The van der Waals surface area contributed by atoms with Crippen LogP contribution in [-0.4, -0.2) is 12.1 Å². The van der Waals surface area contributed by atoms with Crippen molar-refractivity contribution in [2.75, 3.05) is 12.4 Å². The van der Waals surface area contributed by atoms with Crippen LogP contribution in [0.15, 0.2) is 70.7 Å². The van der Waals surface area contributed by atoms with Gasteiger partial charge in [-0.2, -0.15) is 5.11 Å². The third kappa shape index (κ3) is 3.17. The van der Waals surface area contributed by atoms with E-state index in [2.05, 4.69) is 15.4 Å². The number of H-pyrrole nitrogens is 1. The standard InChI is InChI=1S/C18H16N4O2/c1-24-14-7-4-6-13(10-14)20-11-17(22-19)15-9-12-5-2-3-8-16(12)21-18(15)23/h2-11,19-20H,1H3,(H,21,23)/b17-11-,22-19?. The van der Waals surface area contributed by atoms with Crippen molar-refractivity contribution < 1.29 is 4.74 Å². The number of aromatic amines is 1. The number of nitrogens with zero attached hydrogens (tertiary/aromatic N) is 1. The molecule has 6 nitrogen and oxygen atoms in total. The monoisotopic (exact) mass is 320 g/mol. The summed E-state index contributed by atoms with van der Waals surface area (Å²) in [7, 11) is 1.59. The Kier molecular flexibility index (Phi) is 4.38. The summed E-state index contributed by atoms with van der Waals surface area (Å²) in [5.41, 5.74) is 9.19. The molecule has 0 spiro atoms. The second kappa shape index (κ2) is 6.78. The lowest BCUT2D eigenvalue weighted by molar-refractivity contribution is 0.415. The number of anilines is 1. The minimum absolute atomic E-state index is 0.241. The maximum Gasteiger partial charge on any atom is 0.258 e. The van der Waals surface area contributed by atoms with Crippen LogP contribution in [0.3, 0.4) is 0 Å². The highest BCUT2D eigenvalue weighted by Gasteiger charge is 2.08. The highest BCUT2D eigenvalue weighted by molar-refractivity contribution is 5.82. The molecule has 6 heteroatoms. The molecule has 0 atom stereocenters. The Bertz CT molecular complexity index is 976. The molecular formula is C18H16N4O2. The van der Waals surface area contributed by atoms with Crippen molar-refractivity contribution in [3.63, 3.8) is 0 Å². The van der Waals surface area contributed by atoms with E-state index in [0.29, 0.717) is 11.3 Å². The molecule has 0 saturated carbocycles. The third-order valence-electron chi connectivity index (χ3n) is 3.60. The first kappa shape index (κ1) is 15.5. The van der Waals surface area contributed by atoms with Crippen LogP contribution in [-0.2, 0) is 0 Å². The molecule has 0 aliphatic heterocycles. The maximum atomic E-state index is 12.3. The topological polar surface area (TPSA) is 90.3 Å². The van der Waals surface area contributed by atoms with Gasteiger partial charge in [-0.1, -0.05) is 24.3 Å². The highest BCUT2D eigenvalue weighted by Crippen LogP contribution is 2.20. The van der Waals surface area contributed by atoms with Gasteiger partial charge in [0, 0.05) is 23.5 Å². The van der Waals surface area contributed by atoms with Crippen molar-refractivity contribution in [2.24, 2.45) is 5.11 Å². The Labute approximate surface area is 138 Å². The normalized spacial score (nSPS) is 11.3. The molecular weight excluding hydrogens is 304 g/mol. The van der Waals surface area contributed by atoms with Crippen LogP contribution < -0.4 is 15.6 Å². The Morgan fingerprint density at radius 2 is 2.04 bits per heavy atom. The van der Waals surface area contributed by atoms with Gasteiger partial charge in [-0.05, 0) is 29.7 Å². The van der Waals surface area contributed by atoms with Crippen molar-refractivity contribution in [3.8, 4) is 5.75 Å². The molecule has 24 heavy (non-hydrogen) atoms. The number of benzene rings is 2. The second-order valence-corrected chi connectivity index (χ2v) is 5.12. The Balaban J connectivity index is 1.97. The van der Waals surface area contributed by atoms with Crippen LogP contribution in [0.2, 0.25) is 0 Å². The fraction of sp³-hybridized carbons (Fsp3) is 0.0556. The molecule has 0 aliphatic carbocycles. The first-order valence-corrected chi connectivity index (χ1v) is 7.32. The fourth-order valence-corrected chi connectivity index (χ4v) is 2.37. The summed E-state index contributed by atoms with van der Waals surface area (Å²) in [6, 6.07) is 16.5. The fourth-order valence-electron chi connectivity index (χ4n) is 2.37. The van der Waals surface area contributed by atoms with Gasteiger partial charge in [-0.25, -0.2) is 5.53 Å². The molecule has 1 heterocycles. The van der Waals surface area contributed by atoms with Crippen molar-refractivity contribution in [1.29, 1.82) is 5.53 Å². The summed E-state index contributed by atoms with van der Waals surface area (Å²) in [6.45, 7) is 0. The number of pyridine rings is 1. The Morgan fingerprint density at radius 3 is 2.83 bits per heavy atom. The minimum Gasteiger partial charge on any atom is -0.497 e. The molecule has 0 amide bonds. The number of ether oxygens (including phenoxy) is 1. The van der Waals surface area contributed by atoms with Crippen LogP contribution >= 0.6 is 0 Å². The van der Waals surface area contributed by atoms with Gasteiger partial charge >= 0.3 is 0 Å². The Morgan fingerprint density at radius 1 is 1.21 bits per heavy atom. The number of hydrogen-bond acceptors (Lipinski definition) is 5. The zero-order chi connectivity index (χ0) is 16.9. The van der Waals surface area contributed by atoms with Gasteiger partial charge in [0.25, 0.3) is 5.56 Å². The number of fused-ring (bicyclic) bond motifs is 1. The number of hydrogen-bond donors (Lipinski definition) is 3. The lowest BCUT2D eigenvalue weighted by atomic mass is 10.1. The SMILES string of the molecule is COc1cccc(N/C=C(\N=N)c2cc3ccccc3[nH]c2=O)c1. The molecule has 0 bridgehead atoms. The first-order chi connectivity index (χ1) is 11.7. The molecule has 0 saturated heterocycles. The minimum atomic E-state index is -0.289. The second-order valence-electron chi connectivity index (χ2n) is 5.12. The van der Waals surface area contributed by atoms with E-state index in [0.717, 1.165) is 16.6 Å². The average molecular weight is 320 g/mol. The number of nitrogens with one attached hydrogen (secondary N) is 3. The van der Waals surface area contributed by atoms with Crippen LogP contribution in [0.1, 0.15) is 5.56 Å². The third-order valence-corrected chi connectivity index (χ3v) is 3.60. The largest absolute Gasteiger partial charge is 0.497 e. The number of methoxy groups -OCH3 is 1. The van der Waals surface area contributed by atoms with Crippen LogP contribution in [0, 0.1) is 5.53 Å². The summed E-state index contributed by atoms with van der Waals surface area (Å²) < 4.78 is 5.16. The maximum absolute atomic E-state index is 12.3. The molecule has 2 aromatic carbocycles. The predicted molar refractivity (Wildman–Crippen MR) is 94.3 cm³/mol. The molecule has 3 aromatic rings. The van der Waals surface area contributed by atoms with E-state index in [-0.39, 0.29) is 11.3 Å². The smallest absolute Gasteiger partial charge is 0.258 e. The lowest BCUT2D eigenvalue weighted by Crippen LogP contribution is -2.11. The molecule has 120 valence electrons. The number of aromatic nitrogens is 1. The van der Waals surface area contributed by atoms with E-state index in [4.69, 9.17) is 10.3 Å². The van der Waals surface area contributed by atoms with Gasteiger partial charge in [0.05, 0.1) is 12.7 Å². The van der Waals surface area contributed by atoms with E-state index >= 15 is 0 Å².